The summed E-state index contributed by atoms with van der Waals surface area (Å²) >= 11 is 0. The highest BCUT2D eigenvalue weighted by molar-refractivity contribution is 5.79. The van der Waals surface area contributed by atoms with E-state index in [2.05, 4.69) is 13.8 Å². The van der Waals surface area contributed by atoms with Gasteiger partial charge in [0.2, 0.25) is 5.91 Å². The molecule has 1 aromatic carbocycles. The third kappa shape index (κ3) is 3.14. The van der Waals surface area contributed by atoms with Crippen LogP contribution in [0.5, 0.6) is 5.75 Å². The van der Waals surface area contributed by atoms with Crippen LogP contribution in [0.4, 0.5) is 0 Å². The number of nitrogens with zero attached hydrogens (tertiary/aromatic N) is 1. The van der Waals surface area contributed by atoms with E-state index in [0.717, 1.165) is 31.5 Å². The van der Waals surface area contributed by atoms with Crippen molar-refractivity contribution in [2.45, 2.75) is 46.0 Å². The van der Waals surface area contributed by atoms with Gasteiger partial charge in [-0.05, 0) is 24.3 Å². The number of phenolic OH excluding ortho intramolecular Hbond substituents is 1. The quantitative estimate of drug-likeness (QED) is 0.915. The summed E-state index contributed by atoms with van der Waals surface area (Å²) in [5, 5.41) is 9.75. The molecular weight excluding hydrogens is 250 g/mol. The molecule has 1 fully saturated rings. The van der Waals surface area contributed by atoms with E-state index < -0.39 is 0 Å². The lowest BCUT2D eigenvalue weighted by molar-refractivity contribution is -0.132. The molecule has 0 radical (unpaired) electrons. The van der Waals surface area contributed by atoms with E-state index in [-0.39, 0.29) is 11.7 Å². The number of benzene rings is 1. The van der Waals surface area contributed by atoms with Crippen molar-refractivity contribution < 1.29 is 9.90 Å². The zero-order valence-corrected chi connectivity index (χ0v) is 12.6. The Hall–Kier alpha value is -1.51. The maximum Gasteiger partial charge on any atom is 0.227 e. The van der Waals surface area contributed by atoms with Crippen molar-refractivity contribution in [3.05, 3.63) is 29.8 Å². The van der Waals surface area contributed by atoms with Gasteiger partial charge >= 0.3 is 0 Å². The minimum atomic E-state index is 0.132. The van der Waals surface area contributed by atoms with Crippen LogP contribution in [0.25, 0.3) is 0 Å². The molecule has 110 valence electrons. The Morgan fingerprint density at radius 3 is 2.35 bits per heavy atom. The summed E-state index contributed by atoms with van der Waals surface area (Å²) < 4.78 is 0. The molecule has 0 bridgehead atoms. The van der Waals surface area contributed by atoms with Gasteiger partial charge in [0.1, 0.15) is 5.75 Å². The van der Waals surface area contributed by atoms with Gasteiger partial charge in [-0.2, -0.15) is 0 Å². The zero-order chi connectivity index (χ0) is 14.6. The highest BCUT2D eigenvalue weighted by atomic mass is 16.3. The molecule has 2 rings (SSSR count). The van der Waals surface area contributed by atoms with E-state index >= 15 is 0 Å². The summed E-state index contributed by atoms with van der Waals surface area (Å²) in [6.07, 6.45) is 4.91. The van der Waals surface area contributed by atoms with Crippen molar-refractivity contribution >= 4 is 5.91 Å². The van der Waals surface area contributed by atoms with Gasteiger partial charge in [-0.1, -0.05) is 44.9 Å². The van der Waals surface area contributed by atoms with Crippen LogP contribution < -0.4 is 0 Å². The summed E-state index contributed by atoms with van der Waals surface area (Å²) in [4.78, 5) is 14.3. The van der Waals surface area contributed by atoms with Gasteiger partial charge in [0.15, 0.2) is 0 Å². The van der Waals surface area contributed by atoms with Crippen LogP contribution in [0.1, 0.15) is 45.1 Å². The van der Waals surface area contributed by atoms with E-state index in [1.165, 1.54) is 12.8 Å². The average molecular weight is 275 g/mol. The summed E-state index contributed by atoms with van der Waals surface area (Å²) in [6.45, 7) is 6.22. The molecule has 1 aliphatic rings. The fourth-order valence-corrected chi connectivity index (χ4v) is 3.12. The highest BCUT2D eigenvalue weighted by Gasteiger charge is 2.32. The van der Waals surface area contributed by atoms with Crippen molar-refractivity contribution in [1.82, 2.24) is 4.90 Å². The van der Waals surface area contributed by atoms with Gasteiger partial charge in [0.25, 0.3) is 0 Å². The topological polar surface area (TPSA) is 40.5 Å². The third-order valence-corrected chi connectivity index (χ3v) is 5.01. The number of piperidine rings is 1. The fourth-order valence-electron chi connectivity index (χ4n) is 3.12. The molecule has 1 amide bonds. The Balaban J connectivity index is 1.94. The Morgan fingerprint density at radius 1 is 1.20 bits per heavy atom. The van der Waals surface area contributed by atoms with Crippen LogP contribution in [0, 0.1) is 5.41 Å². The number of carbonyl (C=O) groups is 1. The molecule has 0 atom stereocenters. The normalized spacial score (nSPS) is 18.0. The number of carbonyl (C=O) groups excluding carboxylic acids is 1. The summed E-state index contributed by atoms with van der Waals surface area (Å²) in [6, 6.07) is 7.09. The molecule has 0 spiro atoms. The van der Waals surface area contributed by atoms with Crippen molar-refractivity contribution in [2.75, 3.05) is 13.1 Å². The molecule has 0 aliphatic carbocycles. The highest BCUT2D eigenvalue weighted by Crippen LogP contribution is 2.38. The van der Waals surface area contributed by atoms with Crippen LogP contribution in [-0.4, -0.2) is 29.0 Å². The molecule has 1 N–H and O–H groups in total. The van der Waals surface area contributed by atoms with Gasteiger partial charge in [-0.3, -0.25) is 4.79 Å². The number of amides is 1. The summed E-state index contributed by atoms with van der Waals surface area (Å²) in [5.74, 6) is 0.349. The number of likely N-dealkylation sites (tertiary alicyclic amines) is 1. The number of phenols is 1. The van der Waals surface area contributed by atoms with Gasteiger partial charge in [0.05, 0.1) is 6.42 Å². The van der Waals surface area contributed by atoms with Gasteiger partial charge < -0.3 is 10.0 Å². The summed E-state index contributed by atoms with van der Waals surface area (Å²) in [5.41, 5.74) is 1.16. The number of rotatable bonds is 4. The number of para-hydroxylation sites is 1. The Kier molecular flexibility index (Phi) is 4.69. The fraction of sp³-hybridized carbons (Fsp3) is 0.588. The van der Waals surface area contributed by atoms with Crippen molar-refractivity contribution in [3.63, 3.8) is 0 Å². The first-order chi connectivity index (χ1) is 9.60. The molecule has 3 heteroatoms. The standard InChI is InChI=1S/C17H25NO2/c1-3-17(4-2)9-11-18(12-10-17)16(20)13-14-7-5-6-8-15(14)19/h5-8,19H,3-4,9-13H2,1-2H3. The second-order valence-corrected chi connectivity index (χ2v) is 5.89. The van der Waals surface area contributed by atoms with Crippen LogP contribution >= 0.6 is 0 Å². The zero-order valence-electron chi connectivity index (χ0n) is 12.6. The van der Waals surface area contributed by atoms with E-state index in [1.54, 1.807) is 12.1 Å². The molecule has 20 heavy (non-hydrogen) atoms. The third-order valence-electron chi connectivity index (χ3n) is 5.01. The average Bonchev–Trinajstić information content (AvgIpc) is 2.49. The first-order valence-electron chi connectivity index (χ1n) is 7.65. The molecule has 3 nitrogen and oxygen atoms in total. The lowest BCUT2D eigenvalue weighted by atomic mass is 9.74. The Labute approximate surface area is 121 Å². The minimum absolute atomic E-state index is 0.132. The van der Waals surface area contributed by atoms with Crippen LogP contribution in [0.15, 0.2) is 24.3 Å². The lowest BCUT2D eigenvalue weighted by Gasteiger charge is -2.41. The van der Waals surface area contributed by atoms with Gasteiger partial charge in [-0.25, -0.2) is 0 Å². The van der Waals surface area contributed by atoms with E-state index in [9.17, 15) is 9.90 Å². The predicted octanol–water partition coefficient (Wildman–Crippen LogP) is 3.36. The van der Waals surface area contributed by atoms with E-state index in [0.29, 0.717) is 11.8 Å². The van der Waals surface area contributed by atoms with Crippen molar-refractivity contribution in [1.29, 1.82) is 0 Å². The van der Waals surface area contributed by atoms with Crippen LogP contribution in [0.3, 0.4) is 0 Å². The van der Waals surface area contributed by atoms with Crippen LogP contribution in [0.2, 0.25) is 0 Å². The Morgan fingerprint density at radius 2 is 1.80 bits per heavy atom. The smallest absolute Gasteiger partial charge is 0.227 e. The van der Waals surface area contributed by atoms with Crippen molar-refractivity contribution in [3.8, 4) is 5.75 Å². The maximum atomic E-state index is 12.3. The predicted molar refractivity (Wildman–Crippen MR) is 80.6 cm³/mol. The first kappa shape index (κ1) is 14.9. The molecule has 1 aliphatic heterocycles. The van der Waals surface area contributed by atoms with E-state index in [1.807, 2.05) is 17.0 Å². The lowest BCUT2D eigenvalue weighted by Crippen LogP contribution is -2.43. The van der Waals surface area contributed by atoms with Crippen LogP contribution in [-0.2, 0) is 11.2 Å². The largest absolute Gasteiger partial charge is 0.508 e. The summed E-state index contributed by atoms with van der Waals surface area (Å²) in [7, 11) is 0. The van der Waals surface area contributed by atoms with E-state index in [4.69, 9.17) is 0 Å². The molecule has 1 saturated heterocycles. The molecular formula is C17H25NO2. The molecule has 1 heterocycles. The second-order valence-electron chi connectivity index (χ2n) is 5.89. The maximum absolute atomic E-state index is 12.3. The monoisotopic (exact) mass is 275 g/mol. The SMILES string of the molecule is CCC1(CC)CCN(C(=O)Cc2ccccc2O)CC1. The number of aromatic hydroxyl groups is 1. The molecule has 0 unspecified atom stereocenters. The Bertz CT molecular complexity index is 456. The second kappa shape index (κ2) is 6.29. The molecule has 0 aromatic heterocycles. The minimum Gasteiger partial charge on any atom is -0.508 e. The van der Waals surface area contributed by atoms with Crippen molar-refractivity contribution in [2.24, 2.45) is 5.41 Å². The van der Waals surface area contributed by atoms with Gasteiger partial charge in [0, 0.05) is 18.7 Å². The molecule has 1 aromatic rings. The number of hydrogen-bond donors (Lipinski definition) is 1. The number of hydrogen-bond acceptors (Lipinski definition) is 2. The molecule has 0 saturated carbocycles. The first-order valence-corrected chi connectivity index (χ1v) is 7.65. The van der Waals surface area contributed by atoms with Gasteiger partial charge in [-0.15, -0.1) is 0 Å².